The van der Waals surface area contributed by atoms with Gasteiger partial charge in [0.1, 0.15) is 11.8 Å². The van der Waals surface area contributed by atoms with E-state index in [0.717, 1.165) is 30.6 Å². The fraction of sp³-hybridized carbons (Fsp3) is 0.385. The molecule has 1 aliphatic heterocycles. The van der Waals surface area contributed by atoms with Crippen LogP contribution in [-0.2, 0) is 17.8 Å². The highest BCUT2D eigenvalue weighted by molar-refractivity contribution is 5.68. The minimum atomic E-state index is -0.811. The summed E-state index contributed by atoms with van der Waals surface area (Å²) >= 11 is 0. The third kappa shape index (κ3) is 5.78. The highest BCUT2D eigenvalue weighted by Gasteiger charge is 2.23. The molecule has 4 rings (SSSR count). The number of hydrogen-bond acceptors (Lipinski definition) is 8. The van der Waals surface area contributed by atoms with E-state index >= 15 is 0 Å². The molecular weight excluding hydrogens is 446 g/mol. The van der Waals surface area contributed by atoms with Crippen LogP contribution in [0.4, 0.5) is 11.6 Å². The van der Waals surface area contributed by atoms with Gasteiger partial charge in [-0.1, -0.05) is 12.1 Å². The second kappa shape index (κ2) is 10.6. The predicted octanol–water partition coefficient (Wildman–Crippen LogP) is 4.43. The molecule has 9 nitrogen and oxygen atoms in total. The average Bonchev–Trinajstić information content (AvgIpc) is 3.32. The number of aromatic nitrogens is 2. The van der Waals surface area contributed by atoms with Crippen molar-refractivity contribution in [2.45, 2.75) is 58.7 Å². The molecule has 0 spiro atoms. The first-order valence-corrected chi connectivity index (χ1v) is 11.7. The van der Waals surface area contributed by atoms with Crippen LogP contribution in [0.5, 0.6) is 5.75 Å². The predicted molar refractivity (Wildman–Crippen MR) is 131 cm³/mol. The van der Waals surface area contributed by atoms with E-state index in [0.29, 0.717) is 35.3 Å². The van der Waals surface area contributed by atoms with E-state index in [1.54, 1.807) is 12.1 Å². The summed E-state index contributed by atoms with van der Waals surface area (Å²) in [7, 11) is 0. The Morgan fingerprint density at radius 1 is 1.29 bits per heavy atom. The van der Waals surface area contributed by atoms with Crippen molar-refractivity contribution in [3.05, 3.63) is 53.1 Å². The smallest absolute Gasteiger partial charge is 0.304 e. The van der Waals surface area contributed by atoms with Gasteiger partial charge in [0.2, 0.25) is 0 Å². The topological polar surface area (TPSA) is 125 Å². The van der Waals surface area contributed by atoms with Crippen LogP contribution in [-0.4, -0.2) is 39.9 Å². The van der Waals surface area contributed by atoms with Crippen molar-refractivity contribution < 1.29 is 19.2 Å². The molecule has 0 unspecified atom stereocenters. The van der Waals surface area contributed by atoms with Crippen LogP contribution in [0, 0.1) is 11.3 Å². The number of fused-ring (bicyclic) bond motifs is 1. The number of carboxylic acid groups (broad SMARTS) is 1. The lowest BCUT2D eigenvalue weighted by molar-refractivity contribution is -0.137. The van der Waals surface area contributed by atoms with Gasteiger partial charge in [-0.15, -0.1) is 0 Å². The molecule has 1 aromatic heterocycles. The molecule has 0 radical (unpaired) electrons. The normalized spacial score (nSPS) is 13.9. The van der Waals surface area contributed by atoms with E-state index in [1.165, 1.54) is 5.56 Å². The maximum absolute atomic E-state index is 10.9. The van der Waals surface area contributed by atoms with Crippen LogP contribution in [0.3, 0.4) is 0 Å². The summed E-state index contributed by atoms with van der Waals surface area (Å²) in [4.78, 5) is 17.5. The Morgan fingerprint density at radius 3 is 2.86 bits per heavy atom. The Balaban J connectivity index is 1.52. The number of nitrogens with zero attached hydrogens (tertiary/aromatic N) is 4. The lowest BCUT2D eigenvalue weighted by atomic mass is 9.99. The first kappa shape index (κ1) is 24.2. The standard InChI is InChI=1S/C26H29N5O4/c1-16(2)34-23-9-7-20(13-21(23)14-27)25-29-26(30-35-25)31-10-4-5-19-12-18(6-8-22(19)31)15-28-17(3)11-24(32)33/h6-9,12-13,16-17,28H,4-5,10-11,15H2,1-3H3,(H,32,33)/t17-/m1/s1. The zero-order chi connectivity index (χ0) is 24.9. The molecule has 2 heterocycles. The van der Waals surface area contributed by atoms with Crippen LogP contribution >= 0.6 is 0 Å². The number of nitriles is 1. The lowest BCUT2D eigenvalue weighted by Crippen LogP contribution is -2.28. The highest BCUT2D eigenvalue weighted by Crippen LogP contribution is 2.34. The monoisotopic (exact) mass is 475 g/mol. The molecule has 0 saturated heterocycles. The van der Waals surface area contributed by atoms with Gasteiger partial charge in [0.15, 0.2) is 0 Å². The third-order valence-corrected chi connectivity index (χ3v) is 5.76. The van der Waals surface area contributed by atoms with E-state index in [1.807, 2.05) is 37.8 Å². The lowest BCUT2D eigenvalue weighted by Gasteiger charge is -2.28. The number of nitrogens with one attached hydrogen (secondary N) is 1. The highest BCUT2D eigenvalue weighted by atomic mass is 16.5. The van der Waals surface area contributed by atoms with E-state index in [9.17, 15) is 10.1 Å². The van der Waals surface area contributed by atoms with Crippen LogP contribution in [0.15, 0.2) is 40.9 Å². The summed E-state index contributed by atoms with van der Waals surface area (Å²) in [5, 5.41) is 25.9. The maximum atomic E-state index is 10.9. The fourth-order valence-corrected chi connectivity index (χ4v) is 4.14. The van der Waals surface area contributed by atoms with E-state index in [-0.39, 0.29) is 18.6 Å². The summed E-state index contributed by atoms with van der Waals surface area (Å²) in [6.07, 6.45) is 1.94. The molecule has 35 heavy (non-hydrogen) atoms. The molecule has 1 atom stereocenters. The fourth-order valence-electron chi connectivity index (χ4n) is 4.14. The van der Waals surface area contributed by atoms with E-state index in [2.05, 4.69) is 33.7 Å². The second-order valence-corrected chi connectivity index (χ2v) is 8.99. The first-order valence-electron chi connectivity index (χ1n) is 11.7. The number of carbonyl (C=O) groups is 1. The average molecular weight is 476 g/mol. The minimum Gasteiger partial charge on any atom is -0.490 e. The van der Waals surface area contributed by atoms with Gasteiger partial charge < -0.3 is 24.6 Å². The zero-order valence-electron chi connectivity index (χ0n) is 20.1. The molecule has 0 bridgehead atoms. The van der Waals surface area contributed by atoms with Crippen LogP contribution in [0.2, 0.25) is 0 Å². The van der Waals surface area contributed by atoms with Crippen molar-refractivity contribution in [2.24, 2.45) is 0 Å². The quantitative estimate of drug-likeness (QED) is 0.462. The molecular formula is C26H29N5O4. The Morgan fingerprint density at radius 2 is 2.11 bits per heavy atom. The summed E-state index contributed by atoms with van der Waals surface area (Å²) in [6.45, 7) is 7.06. The van der Waals surface area contributed by atoms with Gasteiger partial charge in [-0.05, 0) is 74.2 Å². The number of benzene rings is 2. The van der Waals surface area contributed by atoms with Gasteiger partial charge in [-0.2, -0.15) is 10.2 Å². The van der Waals surface area contributed by atoms with Crippen LogP contribution in [0.25, 0.3) is 11.5 Å². The number of aryl methyl sites for hydroxylation is 1. The van der Waals surface area contributed by atoms with Gasteiger partial charge in [0.05, 0.1) is 18.1 Å². The van der Waals surface area contributed by atoms with Crippen molar-refractivity contribution in [1.82, 2.24) is 15.5 Å². The van der Waals surface area contributed by atoms with Gasteiger partial charge >= 0.3 is 5.97 Å². The maximum Gasteiger partial charge on any atom is 0.304 e. The molecule has 0 fully saturated rings. The Kier molecular flexibility index (Phi) is 7.32. The largest absolute Gasteiger partial charge is 0.490 e. The number of ether oxygens (including phenoxy) is 1. The molecule has 0 aliphatic carbocycles. The van der Waals surface area contributed by atoms with Gasteiger partial charge in [-0.25, -0.2) is 0 Å². The molecule has 0 amide bonds. The SMILES string of the molecule is CC(C)Oc1ccc(-c2nc(N3CCCc4cc(CN[C@H](C)CC(=O)O)ccc43)no2)cc1C#N. The van der Waals surface area contributed by atoms with Crippen molar-refractivity contribution in [3.63, 3.8) is 0 Å². The number of hydrogen-bond donors (Lipinski definition) is 2. The van der Waals surface area contributed by atoms with Crippen molar-refractivity contribution in [1.29, 1.82) is 5.26 Å². The van der Waals surface area contributed by atoms with Gasteiger partial charge in [0.25, 0.3) is 11.8 Å². The van der Waals surface area contributed by atoms with Crippen molar-refractivity contribution in [2.75, 3.05) is 11.4 Å². The summed E-state index contributed by atoms with van der Waals surface area (Å²) < 4.78 is 11.2. The molecule has 9 heteroatoms. The number of carboxylic acids is 1. The van der Waals surface area contributed by atoms with E-state index in [4.69, 9.17) is 14.4 Å². The van der Waals surface area contributed by atoms with Crippen LogP contribution < -0.4 is 15.0 Å². The van der Waals surface area contributed by atoms with Gasteiger partial charge in [0, 0.05) is 30.4 Å². The molecule has 2 aromatic carbocycles. The minimum absolute atomic E-state index is 0.0356. The molecule has 0 saturated carbocycles. The molecule has 182 valence electrons. The molecule has 3 aromatic rings. The number of rotatable bonds is 9. The van der Waals surface area contributed by atoms with Gasteiger partial charge in [-0.3, -0.25) is 4.79 Å². The zero-order valence-corrected chi connectivity index (χ0v) is 20.1. The van der Waals surface area contributed by atoms with Crippen molar-refractivity contribution >= 4 is 17.6 Å². The Bertz CT molecular complexity index is 1250. The van der Waals surface area contributed by atoms with Crippen molar-refractivity contribution in [3.8, 4) is 23.3 Å². The summed E-state index contributed by atoms with van der Waals surface area (Å²) in [5.41, 5.74) is 4.40. The Hall–Kier alpha value is -3.90. The third-order valence-electron chi connectivity index (χ3n) is 5.76. The number of aliphatic carboxylic acids is 1. The van der Waals surface area contributed by atoms with Crippen LogP contribution in [0.1, 0.15) is 50.3 Å². The number of anilines is 2. The second-order valence-electron chi connectivity index (χ2n) is 8.99. The first-order chi connectivity index (χ1) is 16.8. The Labute approximate surface area is 204 Å². The molecule has 2 N–H and O–H groups in total. The summed E-state index contributed by atoms with van der Waals surface area (Å²) in [6, 6.07) is 13.6. The molecule has 1 aliphatic rings. The summed E-state index contributed by atoms with van der Waals surface area (Å²) in [5.74, 6) is 0.531. The van der Waals surface area contributed by atoms with E-state index < -0.39 is 5.97 Å².